The van der Waals surface area contributed by atoms with Gasteiger partial charge in [-0.25, -0.2) is 9.13 Å². The van der Waals surface area contributed by atoms with E-state index < -0.39 is 97.5 Å². The second kappa shape index (κ2) is 65.4. The van der Waals surface area contributed by atoms with Crippen LogP contribution in [0.1, 0.15) is 383 Å². The SMILES string of the molecule is CCC(C)CCCCCCCCC(=O)OC[C@H](COP(=O)(O)OC[C@H](O)COP(=O)(O)OC[C@@H](COC(=O)CCCCCCCCCCCCCCCCCCC(C)C)OC(=O)CCCCCCCCCCCCCCCC(C)C)OC(=O)CCCCCCCCCC(C)C. The van der Waals surface area contributed by atoms with Crippen LogP contribution < -0.4 is 0 Å². The fourth-order valence-electron chi connectivity index (χ4n) is 11.5. The summed E-state index contributed by atoms with van der Waals surface area (Å²) in [4.78, 5) is 72.7. The van der Waals surface area contributed by atoms with Gasteiger partial charge in [-0.1, -0.05) is 331 Å². The number of phosphoric acid groups is 2. The van der Waals surface area contributed by atoms with Gasteiger partial charge in [0.2, 0.25) is 0 Å². The number of carbonyl (C=O) groups is 4. The Labute approximate surface area is 581 Å². The Hall–Kier alpha value is -1.94. The van der Waals surface area contributed by atoms with Crippen molar-refractivity contribution in [3.05, 3.63) is 0 Å². The van der Waals surface area contributed by atoms with Crippen molar-refractivity contribution in [1.29, 1.82) is 0 Å². The summed E-state index contributed by atoms with van der Waals surface area (Å²) in [5.74, 6) is 0.901. The minimum absolute atomic E-state index is 0.102. The van der Waals surface area contributed by atoms with Gasteiger partial charge in [0.1, 0.15) is 19.3 Å². The first-order chi connectivity index (χ1) is 45.6. The van der Waals surface area contributed by atoms with Crippen LogP contribution in [-0.4, -0.2) is 96.7 Å². The molecule has 0 spiro atoms. The Morgan fingerprint density at radius 3 is 0.747 bits per heavy atom. The molecule has 0 saturated carbocycles. The number of hydrogen-bond acceptors (Lipinski definition) is 15. The molecule has 0 fully saturated rings. The van der Waals surface area contributed by atoms with E-state index in [1.54, 1.807) is 0 Å². The Balaban J connectivity index is 5.22. The average Bonchev–Trinajstić information content (AvgIpc) is 3.70. The molecule has 0 bridgehead atoms. The van der Waals surface area contributed by atoms with Crippen LogP contribution in [0.5, 0.6) is 0 Å². The molecule has 0 aliphatic rings. The van der Waals surface area contributed by atoms with Crippen molar-refractivity contribution in [2.75, 3.05) is 39.6 Å². The van der Waals surface area contributed by atoms with Crippen molar-refractivity contribution < 1.29 is 80.2 Å². The van der Waals surface area contributed by atoms with E-state index in [1.807, 2.05) is 0 Å². The standard InChI is InChI=1S/C76H148O17P2/c1-9-69(8)55-47-39-34-35-41-49-57-74(79)87-63-72(93-76(81)59-51-43-33-27-30-38-46-54-68(6)7)65-91-95(84,85)89-61-70(77)60-88-94(82,83)90-64-71(92-75(80)58-50-42-32-26-22-18-14-16-20-24-29-37-45-53-67(4)5)62-86-73(78)56-48-40-31-25-21-17-13-11-10-12-15-19-23-28-36-44-52-66(2)3/h66-72,77H,9-65H2,1-8H3,(H,82,83)(H,84,85)/t69?,70-,71-,72-/m1/s1. The molecule has 3 unspecified atom stereocenters. The molecule has 0 aromatic heterocycles. The lowest BCUT2D eigenvalue weighted by molar-refractivity contribution is -0.161. The van der Waals surface area contributed by atoms with Gasteiger partial charge in [0.15, 0.2) is 12.2 Å². The number of carbonyl (C=O) groups excluding carboxylic acids is 4. The monoisotopic (exact) mass is 1400 g/mol. The van der Waals surface area contributed by atoms with Gasteiger partial charge in [-0.3, -0.25) is 37.3 Å². The Bertz CT molecular complexity index is 1870. The zero-order valence-corrected chi connectivity index (χ0v) is 64.1. The lowest BCUT2D eigenvalue weighted by Gasteiger charge is -2.21. The van der Waals surface area contributed by atoms with E-state index in [1.165, 1.54) is 180 Å². The molecule has 6 atom stereocenters. The minimum atomic E-state index is -4.96. The van der Waals surface area contributed by atoms with Crippen LogP contribution >= 0.6 is 15.6 Å². The van der Waals surface area contributed by atoms with Crippen LogP contribution in [0.3, 0.4) is 0 Å². The first-order valence-corrected chi connectivity index (χ1v) is 42.2. The summed E-state index contributed by atoms with van der Waals surface area (Å²) >= 11 is 0. The fraction of sp³-hybridized carbons (Fsp3) is 0.947. The van der Waals surface area contributed by atoms with Crippen LogP contribution in [0.2, 0.25) is 0 Å². The first kappa shape index (κ1) is 93.1. The number of esters is 4. The molecule has 0 aliphatic carbocycles. The number of hydrogen-bond donors (Lipinski definition) is 3. The Morgan fingerprint density at radius 1 is 0.295 bits per heavy atom. The van der Waals surface area contributed by atoms with Crippen LogP contribution in [0.25, 0.3) is 0 Å². The summed E-state index contributed by atoms with van der Waals surface area (Å²) in [7, 11) is -9.91. The molecule has 0 aliphatic heterocycles. The molecule has 564 valence electrons. The van der Waals surface area contributed by atoms with E-state index in [-0.39, 0.29) is 25.7 Å². The number of ether oxygens (including phenoxy) is 4. The van der Waals surface area contributed by atoms with E-state index in [0.29, 0.717) is 31.6 Å². The number of aliphatic hydroxyl groups is 1. The number of phosphoric ester groups is 2. The van der Waals surface area contributed by atoms with Gasteiger partial charge in [0.05, 0.1) is 26.4 Å². The van der Waals surface area contributed by atoms with Crippen molar-refractivity contribution in [2.45, 2.75) is 401 Å². The summed E-state index contributed by atoms with van der Waals surface area (Å²) in [5, 5.41) is 10.6. The van der Waals surface area contributed by atoms with Gasteiger partial charge in [-0.2, -0.15) is 0 Å². The predicted molar refractivity (Wildman–Crippen MR) is 386 cm³/mol. The maximum Gasteiger partial charge on any atom is 0.472 e. The van der Waals surface area contributed by atoms with Gasteiger partial charge in [-0.15, -0.1) is 0 Å². The van der Waals surface area contributed by atoms with Crippen LogP contribution in [0.4, 0.5) is 0 Å². The van der Waals surface area contributed by atoms with Gasteiger partial charge >= 0.3 is 39.5 Å². The van der Waals surface area contributed by atoms with Crippen molar-refractivity contribution in [2.24, 2.45) is 23.7 Å². The van der Waals surface area contributed by atoms with Crippen molar-refractivity contribution in [3.63, 3.8) is 0 Å². The molecule has 19 heteroatoms. The Kier molecular flexibility index (Phi) is 64.0. The van der Waals surface area contributed by atoms with Crippen molar-refractivity contribution in [3.8, 4) is 0 Å². The predicted octanol–water partition coefficient (Wildman–Crippen LogP) is 22.0. The quantitative estimate of drug-likeness (QED) is 0.0222. The molecule has 0 aromatic rings. The van der Waals surface area contributed by atoms with Crippen LogP contribution in [0, 0.1) is 23.7 Å². The molecule has 95 heavy (non-hydrogen) atoms. The molecule has 17 nitrogen and oxygen atoms in total. The zero-order valence-electron chi connectivity index (χ0n) is 62.3. The topological polar surface area (TPSA) is 237 Å². The average molecular weight is 1400 g/mol. The zero-order chi connectivity index (χ0) is 70.3. The normalized spacial score (nSPS) is 14.4. The minimum Gasteiger partial charge on any atom is -0.462 e. The highest BCUT2D eigenvalue weighted by atomic mass is 31.2. The largest absolute Gasteiger partial charge is 0.472 e. The van der Waals surface area contributed by atoms with Crippen LogP contribution in [-0.2, 0) is 65.4 Å². The van der Waals surface area contributed by atoms with Crippen molar-refractivity contribution in [1.82, 2.24) is 0 Å². The Morgan fingerprint density at radius 2 is 0.505 bits per heavy atom. The summed E-state index contributed by atoms with van der Waals surface area (Å²) in [6.07, 6.45) is 50.2. The molecular formula is C76H148O17P2. The maximum absolute atomic E-state index is 13.1. The second-order valence-corrected chi connectivity index (χ2v) is 32.0. The van der Waals surface area contributed by atoms with E-state index in [9.17, 15) is 43.2 Å². The highest BCUT2D eigenvalue weighted by Crippen LogP contribution is 2.45. The van der Waals surface area contributed by atoms with E-state index in [4.69, 9.17) is 37.0 Å². The molecule has 0 rings (SSSR count). The molecule has 0 radical (unpaired) electrons. The maximum atomic E-state index is 13.1. The second-order valence-electron chi connectivity index (χ2n) is 29.1. The molecule has 0 saturated heterocycles. The summed E-state index contributed by atoms with van der Waals surface area (Å²) in [6, 6.07) is 0. The van der Waals surface area contributed by atoms with E-state index >= 15 is 0 Å². The first-order valence-electron chi connectivity index (χ1n) is 39.2. The summed E-state index contributed by atoms with van der Waals surface area (Å²) in [6.45, 7) is 14.1. The lowest BCUT2D eigenvalue weighted by atomic mass is 10.00. The summed E-state index contributed by atoms with van der Waals surface area (Å²) in [5.41, 5.74) is 0. The highest BCUT2D eigenvalue weighted by molar-refractivity contribution is 7.47. The third-order valence-corrected chi connectivity index (χ3v) is 19.8. The highest BCUT2D eigenvalue weighted by Gasteiger charge is 2.30. The van der Waals surface area contributed by atoms with Gasteiger partial charge in [0, 0.05) is 25.7 Å². The number of aliphatic hydroxyl groups excluding tert-OH is 1. The number of unbranched alkanes of at least 4 members (excludes halogenated alkanes) is 38. The van der Waals surface area contributed by atoms with Crippen LogP contribution in [0.15, 0.2) is 0 Å². The fourth-order valence-corrected chi connectivity index (χ4v) is 13.1. The molecule has 0 heterocycles. The van der Waals surface area contributed by atoms with Gasteiger partial charge < -0.3 is 33.8 Å². The van der Waals surface area contributed by atoms with E-state index in [0.717, 1.165) is 114 Å². The molecule has 3 N–H and O–H groups in total. The third-order valence-electron chi connectivity index (χ3n) is 17.9. The van der Waals surface area contributed by atoms with E-state index in [2.05, 4.69) is 55.4 Å². The molecule has 0 aromatic carbocycles. The lowest BCUT2D eigenvalue weighted by Crippen LogP contribution is -2.30. The van der Waals surface area contributed by atoms with Gasteiger partial charge in [-0.05, 0) is 49.4 Å². The molecular weight excluding hydrogens is 1250 g/mol. The van der Waals surface area contributed by atoms with Gasteiger partial charge in [0.25, 0.3) is 0 Å². The van der Waals surface area contributed by atoms with Crippen molar-refractivity contribution >= 4 is 39.5 Å². The molecule has 0 amide bonds. The smallest absolute Gasteiger partial charge is 0.462 e. The number of rotatable bonds is 73. The summed E-state index contributed by atoms with van der Waals surface area (Å²) < 4.78 is 68.5. The third kappa shape index (κ3) is 69.0.